The Bertz CT molecular complexity index is 1760. The molecule has 0 fully saturated rings. The molecule has 2 heterocycles. The van der Waals surface area contributed by atoms with E-state index >= 15 is 0 Å². The van der Waals surface area contributed by atoms with Crippen molar-refractivity contribution in [3.63, 3.8) is 0 Å². The van der Waals surface area contributed by atoms with Crippen molar-refractivity contribution in [2.45, 2.75) is 45.8 Å². The van der Waals surface area contributed by atoms with Crippen molar-refractivity contribution in [1.29, 1.82) is 0 Å². The molecule has 0 atom stereocenters. The summed E-state index contributed by atoms with van der Waals surface area (Å²) in [5.74, 6) is 0.373. The van der Waals surface area contributed by atoms with E-state index in [2.05, 4.69) is 12.0 Å². The standard InChI is InChI=1S/C35H36N2O9/c1-4-5-8-13-37-33(28-12-11-26(42-2)17-30(28)44-20-22-9-6-7-10-27(22)35(40)41)25(19-36-37)15-24(34(38)39)14-23-16-31-32(46-21-45-31)18-29(23)43-3/h6-7,9-12,15-19H,4-5,8,13-14,20-21H2,1-3H3,(H,38,39)(H,40,41)/b24-15+. The van der Waals surface area contributed by atoms with Crippen molar-refractivity contribution >= 4 is 18.0 Å². The number of ether oxygens (including phenoxy) is 5. The van der Waals surface area contributed by atoms with Crippen LogP contribution in [0.3, 0.4) is 0 Å². The molecule has 0 saturated carbocycles. The lowest BCUT2D eigenvalue weighted by molar-refractivity contribution is -0.132. The number of aliphatic carboxylic acids is 1. The highest BCUT2D eigenvalue weighted by molar-refractivity contribution is 5.94. The van der Waals surface area contributed by atoms with E-state index < -0.39 is 11.9 Å². The average molecular weight is 629 g/mol. The van der Waals surface area contributed by atoms with Gasteiger partial charge in [0.15, 0.2) is 11.5 Å². The van der Waals surface area contributed by atoms with Crippen molar-refractivity contribution in [3.05, 3.63) is 88.6 Å². The van der Waals surface area contributed by atoms with E-state index in [1.165, 1.54) is 13.2 Å². The molecule has 3 aromatic carbocycles. The first kappa shape index (κ1) is 32.0. The number of aromatic nitrogens is 2. The van der Waals surface area contributed by atoms with E-state index in [9.17, 15) is 19.8 Å². The third kappa shape index (κ3) is 7.09. The molecule has 0 unspecified atom stereocenters. The summed E-state index contributed by atoms with van der Waals surface area (Å²) in [4.78, 5) is 24.4. The van der Waals surface area contributed by atoms with E-state index in [4.69, 9.17) is 23.7 Å². The first-order valence-corrected chi connectivity index (χ1v) is 14.9. The normalized spacial score (nSPS) is 12.2. The topological polar surface area (TPSA) is 139 Å². The summed E-state index contributed by atoms with van der Waals surface area (Å²) in [6, 6.07) is 15.4. The maximum atomic E-state index is 12.6. The molecule has 1 aromatic heterocycles. The van der Waals surface area contributed by atoms with Crippen LogP contribution in [0.4, 0.5) is 0 Å². The van der Waals surface area contributed by atoms with Gasteiger partial charge in [0.25, 0.3) is 0 Å². The van der Waals surface area contributed by atoms with E-state index in [0.29, 0.717) is 63.2 Å². The third-order valence-electron chi connectivity index (χ3n) is 7.68. The van der Waals surface area contributed by atoms with Gasteiger partial charge in [-0.2, -0.15) is 5.10 Å². The smallest absolute Gasteiger partial charge is 0.336 e. The van der Waals surface area contributed by atoms with E-state index in [0.717, 1.165) is 19.3 Å². The highest BCUT2D eigenvalue weighted by Gasteiger charge is 2.23. The number of aromatic carboxylic acids is 1. The molecule has 1 aliphatic heterocycles. The molecule has 1 aliphatic rings. The zero-order chi connectivity index (χ0) is 32.6. The molecule has 0 saturated heterocycles. The fourth-order valence-electron chi connectivity index (χ4n) is 5.31. The van der Waals surface area contributed by atoms with Crippen LogP contribution in [-0.4, -0.2) is 52.9 Å². The number of carbonyl (C=O) groups is 2. The summed E-state index contributed by atoms with van der Waals surface area (Å²) >= 11 is 0. The van der Waals surface area contributed by atoms with Gasteiger partial charge in [0.1, 0.15) is 23.9 Å². The number of rotatable bonds is 15. The second-order valence-electron chi connectivity index (χ2n) is 10.7. The number of carboxylic acids is 2. The summed E-state index contributed by atoms with van der Waals surface area (Å²) in [5.41, 5.74) is 3.28. The molecule has 0 amide bonds. The Kier molecular flexibility index (Phi) is 10.1. The Morgan fingerprint density at radius 2 is 1.74 bits per heavy atom. The van der Waals surface area contributed by atoms with Crippen LogP contribution in [0.25, 0.3) is 17.3 Å². The second kappa shape index (κ2) is 14.6. The molecule has 0 radical (unpaired) electrons. The van der Waals surface area contributed by atoms with Gasteiger partial charge in [-0.15, -0.1) is 0 Å². The zero-order valence-corrected chi connectivity index (χ0v) is 25.9. The SMILES string of the molecule is CCCCCn1ncc(/C=C(\Cc2cc3c(cc2OC)OCO3)C(=O)O)c1-c1ccc(OC)cc1OCc1ccccc1C(=O)O. The summed E-state index contributed by atoms with van der Waals surface area (Å²) in [6.45, 7) is 2.79. The maximum absolute atomic E-state index is 12.6. The summed E-state index contributed by atoms with van der Waals surface area (Å²) in [6.07, 6.45) is 6.18. The summed E-state index contributed by atoms with van der Waals surface area (Å²) in [5, 5.41) is 24.7. The van der Waals surface area contributed by atoms with Crippen molar-refractivity contribution in [3.8, 4) is 40.0 Å². The van der Waals surface area contributed by atoms with Gasteiger partial charge in [-0.25, -0.2) is 9.59 Å². The number of hydrogen-bond acceptors (Lipinski definition) is 8. The fourth-order valence-corrected chi connectivity index (χ4v) is 5.31. The lowest BCUT2D eigenvalue weighted by Gasteiger charge is -2.16. The van der Waals surface area contributed by atoms with Gasteiger partial charge in [0, 0.05) is 52.9 Å². The third-order valence-corrected chi connectivity index (χ3v) is 7.68. The molecule has 5 rings (SSSR count). The minimum absolute atomic E-state index is 0.0118. The zero-order valence-electron chi connectivity index (χ0n) is 25.9. The predicted octanol–water partition coefficient (Wildman–Crippen LogP) is 6.47. The number of fused-ring (bicyclic) bond motifs is 1. The van der Waals surface area contributed by atoms with Gasteiger partial charge in [-0.3, -0.25) is 4.68 Å². The first-order valence-electron chi connectivity index (χ1n) is 14.9. The van der Waals surface area contributed by atoms with Gasteiger partial charge in [-0.05, 0) is 36.8 Å². The predicted molar refractivity (Wildman–Crippen MR) is 170 cm³/mol. The van der Waals surface area contributed by atoms with Crippen LogP contribution in [0.15, 0.2) is 66.4 Å². The van der Waals surface area contributed by atoms with E-state index in [1.54, 1.807) is 61.8 Å². The Hall–Kier alpha value is -5.45. The Labute approximate surface area is 266 Å². The monoisotopic (exact) mass is 628 g/mol. The van der Waals surface area contributed by atoms with Crippen LogP contribution in [0.1, 0.15) is 53.2 Å². The number of methoxy groups -OCH3 is 2. The van der Waals surface area contributed by atoms with Crippen molar-refractivity contribution in [2.24, 2.45) is 0 Å². The van der Waals surface area contributed by atoms with Crippen LogP contribution >= 0.6 is 0 Å². The van der Waals surface area contributed by atoms with Crippen molar-refractivity contribution in [2.75, 3.05) is 21.0 Å². The van der Waals surface area contributed by atoms with E-state index in [-0.39, 0.29) is 31.0 Å². The van der Waals surface area contributed by atoms with Crippen molar-refractivity contribution in [1.82, 2.24) is 9.78 Å². The molecule has 2 N–H and O–H groups in total. The molecule has 4 aromatic rings. The maximum Gasteiger partial charge on any atom is 0.336 e. The average Bonchev–Trinajstić information content (AvgIpc) is 3.69. The highest BCUT2D eigenvalue weighted by Crippen LogP contribution is 2.40. The minimum Gasteiger partial charge on any atom is -0.497 e. The largest absolute Gasteiger partial charge is 0.497 e. The van der Waals surface area contributed by atoms with Crippen LogP contribution < -0.4 is 23.7 Å². The van der Waals surface area contributed by atoms with Gasteiger partial charge in [0.2, 0.25) is 6.79 Å². The first-order chi connectivity index (χ1) is 22.3. The van der Waals surface area contributed by atoms with Crippen LogP contribution in [0.5, 0.6) is 28.7 Å². The van der Waals surface area contributed by atoms with Crippen LogP contribution in [0.2, 0.25) is 0 Å². The van der Waals surface area contributed by atoms with Gasteiger partial charge < -0.3 is 33.9 Å². The Morgan fingerprint density at radius 1 is 0.957 bits per heavy atom. The van der Waals surface area contributed by atoms with Gasteiger partial charge in [0.05, 0.1) is 31.7 Å². The molecule has 11 nitrogen and oxygen atoms in total. The van der Waals surface area contributed by atoms with Crippen LogP contribution in [0, 0.1) is 0 Å². The number of benzene rings is 3. The van der Waals surface area contributed by atoms with Gasteiger partial charge >= 0.3 is 11.9 Å². The molecule has 0 bridgehead atoms. The summed E-state index contributed by atoms with van der Waals surface area (Å²) < 4.78 is 30.1. The lowest BCUT2D eigenvalue weighted by Crippen LogP contribution is -2.08. The van der Waals surface area contributed by atoms with E-state index in [1.807, 2.05) is 10.7 Å². The number of nitrogens with zero attached hydrogens (tertiary/aromatic N) is 2. The summed E-state index contributed by atoms with van der Waals surface area (Å²) in [7, 11) is 3.06. The number of carboxylic acid groups (broad SMARTS) is 2. The molecule has 0 spiro atoms. The number of aryl methyl sites for hydroxylation is 1. The fraction of sp³-hybridized carbons (Fsp3) is 0.286. The van der Waals surface area contributed by atoms with Gasteiger partial charge in [-0.1, -0.05) is 38.0 Å². The quantitative estimate of drug-likeness (QED) is 0.111. The second-order valence-corrected chi connectivity index (χ2v) is 10.7. The lowest BCUT2D eigenvalue weighted by atomic mass is 9.99. The highest BCUT2D eigenvalue weighted by atomic mass is 16.7. The molecule has 240 valence electrons. The van der Waals surface area contributed by atoms with Crippen molar-refractivity contribution < 1.29 is 43.5 Å². The molecule has 11 heteroatoms. The minimum atomic E-state index is -1.10. The molecular formula is C35H36N2O9. The van der Waals surface area contributed by atoms with Crippen LogP contribution in [-0.2, 0) is 24.4 Å². The number of hydrogen-bond donors (Lipinski definition) is 2. The number of unbranched alkanes of at least 4 members (excludes halogenated alkanes) is 2. The molecular weight excluding hydrogens is 592 g/mol. The Morgan fingerprint density at radius 3 is 2.46 bits per heavy atom. The Balaban J connectivity index is 1.58. The molecule has 46 heavy (non-hydrogen) atoms. The molecule has 0 aliphatic carbocycles.